The number of ether oxygens (including phenoxy) is 2. The van der Waals surface area contributed by atoms with Crippen LogP contribution in [0.1, 0.15) is 39.0 Å². The number of hydrogen-bond acceptors (Lipinski definition) is 8. The molecule has 2 aliphatic rings. The van der Waals surface area contributed by atoms with Crippen molar-refractivity contribution in [3.63, 3.8) is 0 Å². The van der Waals surface area contributed by atoms with Crippen LogP contribution in [-0.4, -0.2) is 69.5 Å². The number of rotatable bonds is 7. The molecule has 1 aliphatic carbocycles. The van der Waals surface area contributed by atoms with Crippen molar-refractivity contribution in [3.05, 3.63) is 12.2 Å². The van der Waals surface area contributed by atoms with E-state index in [0.717, 1.165) is 6.42 Å². The summed E-state index contributed by atoms with van der Waals surface area (Å²) in [6.45, 7) is 1.41. The molecule has 8 heteroatoms. The molecule has 26 heavy (non-hydrogen) atoms. The fourth-order valence-corrected chi connectivity index (χ4v) is 3.51. The molecule has 148 valence electrons. The van der Waals surface area contributed by atoms with E-state index in [0.29, 0.717) is 19.3 Å². The van der Waals surface area contributed by atoms with Gasteiger partial charge in [0.25, 0.3) is 0 Å². The number of esters is 1. The van der Waals surface area contributed by atoms with Gasteiger partial charge in [0.05, 0.1) is 6.61 Å². The molecule has 1 aliphatic heterocycles. The molecule has 0 radical (unpaired) electrons. The standard InChI is InChI=1S/C18H28O8/c1-2-3-4-5-11-10(6-7-12(11)20)8-14(21)26-18-17(24)16(23)15(22)13(9-19)25-18/h3-4,10-11,13,15-19,22-24H,2,5-9H2,1H3/b4-3-. The Labute approximate surface area is 152 Å². The van der Waals surface area contributed by atoms with Crippen molar-refractivity contribution < 1.29 is 39.5 Å². The van der Waals surface area contributed by atoms with Crippen LogP contribution >= 0.6 is 0 Å². The highest BCUT2D eigenvalue weighted by Crippen LogP contribution is 2.34. The molecule has 2 fully saturated rings. The lowest BCUT2D eigenvalue weighted by atomic mass is 9.89. The minimum absolute atomic E-state index is 0.00535. The third-order valence-corrected chi connectivity index (χ3v) is 5.06. The van der Waals surface area contributed by atoms with Crippen LogP contribution in [0.15, 0.2) is 12.2 Å². The second-order valence-electron chi connectivity index (χ2n) is 6.88. The number of ketones is 1. The lowest BCUT2D eigenvalue weighted by molar-refractivity contribution is -0.292. The molecule has 7 atom stereocenters. The second-order valence-corrected chi connectivity index (χ2v) is 6.88. The Bertz CT molecular complexity index is 517. The van der Waals surface area contributed by atoms with Gasteiger partial charge in [0.1, 0.15) is 30.2 Å². The van der Waals surface area contributed by atoms with E-state index in [9.17, 15) is 24.9 Å². The first kappa shape index (κ1) is 21.0. The maximum atomic E-state index is 12.2. The van der Waals surface area contributed by atoms with Gasteiger partial charge in [0.15, 0.2) is 0 Å². The van der Waals surface area contributed by atoms with Crippen LogP contribution in [0.3, 0.4) is 0 Å². The number of carbonyl (C=O) groups is 2. The molecule has 4 N–H and O–H groups in total. The first-order valence-corrected chi connectivity index (χ1v) is 9.06. The summed E-state index contributed by atoms with van der Waals surface area (Å²) in [6.07, 6.45) is -0.897. The van der Waals surface area contributed by atoms with Gasteiger partial charge in [-0.05, 0) is 25.2 Å². The van der Waals surface area contributed by atoms with Crippen LogP contribution in [0.4, 0.5) is 0 Å². The fraction of sp³-hybridized carbons (Fsp3) is 0.778. The molecule has 1 heterocycles. The van der Waals surface area contributed by atoms with E-state index in [1.54, 1.807) is 0 Å². The maximum absolute atomic E-state index is 12.2. The summed E-state index contributed by atoms with van der Waals surface area (Å²) in [4.78, 5) is 24.3. The average Bonchev–Trinajstić information content (AvgIpc) is 2.95. The van der Waals surface area contributed by atoms with Crippen molar-refractivity contribution in [1.29, 1.82) is 0 Å². The highest BCUT2D eigenvalue weighted by Gasteiger charge is 2.45. The zero-order chi connectivity index (χ0) is 19.3. The Hall–Kier alpha value is -1.32. The lowest BCUT2D eigenvalue weighted by Gasteiger charge is -2.39. The van der Waals surface area contributed by atoms with Gasteiger partial charge in [-0.3, -0.25) is 9.59 Å². The number of allylic oxidation sites excluding steroid dienone is 2. The van der Waals surface area contributed by atoms with Crippen molar-refractivity contribution in [2.45, 2.75) is 69.7 Å². The number of aliphatic hydroxyl groups is 4. The molecule has 1 saturated carbocycles. The van der Waals surface area contributed by atoms with E-state index in [1.165, 1.54) is 0 Å². The van der Waals surface area contributed by atoms with Gasteiger partial charge in [0, 0.05) is 18.8 Å². The molecule has 7 unspecified atom stereocenters. The van der Waals surface area contributed by atoms with E-state index in [4.69, 9.17) is 14.6 Å². The van der Waals surface area contributed by atoms with Gasteiger partial charge in [-0.1, -0.05) is 19.1 Å². The summed E-state index contributed by atoms with van der Waals surface area (Å²) >= 11 is 0. The molecule has 0 aromatic carbocycles. The second kappa shape index (κ2) is 9.57. The third-order valence-electron chi connectivity index (χ3n) is 5.06. The predicted octanol–water partition coefficient (Wildman–Crippen LogP) is -0.329. The number of carbonyl (C=O) groups excluding carboxylic acids is 2. The Morgan fingerprint density at radius 3 is 2.62 bits per heavy atom. The Morgan fingerprint density at radius 2 is 1.96 bits per heavy atom. The summed E-state index contributed by atoms with van der Waals surface area (Å²) in [5.41, 5.74) is 0. The molecule has 8 nitrogen and oxygen atoms in total. The van der Waals surface area contributed by atoms with E-state index in [-0.39, 0.29) is 24.0 Å². The highest BCUT2D eigenvalue weighted by atomic mass is 16.7. The number of hydrogen-bond donors (Lipinski definition) is 4. The summed E-state index contributed by atoms with van der Waals surface area (Å²) in [5, 5.41) is 38.5. The lowest BCUT2D eigenvalue weighted by Crippen LogP contribution is -2.59. The average molecular weight is 372 g/mol. The zero-order valence-electron chi connectivity index (χ0n) is 14.9. The summed E-state index contributed by atoms with van der Waals surface area (Å²) in [5.74, 6) is -0.878. The molecular weight excluding hydrogens is 344 g/mol. The minimum Gasteiger partial charge on any atom is -0.433 e. The largest absolute Gasteiger partial charge is 0.433 e. The van der Waals surface area contributed by atoms with Crippen molar-refractivity contribution in [1.82, 2.24) is 0 Å². The normalized spacial score (nSPS) is 38.0. The third kappa shape index (κ3) is 4.89. The number of Topliss-reactive ketones (excluding diaryl/α,β-unsaturated/α-hetero) is 1. The SMILES string of the molecule is CC/C=C\CC1C(=O)CCC1CC(=O)OC1OC(CO)C(O)C(O)C1O. The first-order chi connectivity index (χ1) is 12.4. The van der Waals surface area contributed by atoms with Crippen molar-refractivity contribution in [2.24, 2.45) is 11.8 Å². The predicted molar refractivity (Wildman–Crippen MR) is 89.7 cm³/mol. The monoisotopic (exact) mass is 372 g/mol. The van der Waals surface area contributed by atoms with E-state index in [2.05, 4.69) is 0 Å². The van der Waals surface area contributed by atoms with Crippen molar-refractivity contribution in [3.8, 4) is 0 Å². The summed E-state index contributed by atoms with van der Waals surface area (Å²) in [7, 11) is 0. The van der Waals surface area contributed by atoms with Gasteiger partial charge in [-0.15, -0.1) is 0 Å². The quantitative estimate of drug-likeness (QED) is 0.353. The van der Waals surface area contributed by atoms with Gasteiger partial charge in [-0.2, -0.15) is 0 Å². The Kier molecular flexibility index (Phi) is 7.72. The van der Waals surface area contributed by atoms with Crippen LogP contribution < -0.4 is 0 Å². The molecule has 0 aromatic rings. The zero-order valence-corrected chi connectivity index (χ0v) is 14.9. The topological polar surface area (TPSA) is 134 Å². The summed E-state index contributed by atoms with van der Waals surface area (Å²) in [6, 6.07) is 0. The van der Waals surface area contributed by atoms with Crippen LogP contribution in [0.25, 0.3) is 0 Å². The molecule has 0 aromatic heterocycles. The van der Waals surface area contributed by atoms with Gasteiger partial charge in [0.2, 0.25) is 6.29 Å². The number of aliphatic hydroxyl groups excluding tert-OH is 4. The van der Waals surface area contributed by atoms with E-state index >= 15 is 0 Å². The maximum Gasteiger partial charge on any atom is 0.308 e. The van der Waals surface area contributed by atoms with Crippen LogP contribution in [-0.2, 0) is 19.1 Å². The highest BCUT2D eigenvalue weighted by molar-refractivity contribution is 5.84. The summed E-state index contributed by atoms with van der Waals surface area (Å²) < 4.78 is 10.3. The Balaban J connectivity index is 1.92. The molecule has 1 saturated heterocycles. The van der Waals surface area contributed by atoms with E-state index in [1.807, 2.05) is 19.1 Å². The fourth-order valence-electron chi connectivity index (χ4n) is 3.51. The molecular formula is C18H28O8. The van der Waals surface area contributed by atoms with Gasteiger partial charge < -0.3 is 29.9 Å². The molecule has 0 spiro atoms. The van der Waals surface area contributed by atoms with Crippen LogP contribution in [0.2, 0.25) is 0 Å². The molecule has 0 bridgehead atoms. The molecule has 2 rings (SSSR count). The molecule has 0 amide bonds. The van der Waals surface area contributed by atoms with Crippen molar-refractivity contribution >= 4 is 11.8 Å². The van der Waals surface area contributed by atoms with E-state index < -0.39 is 43.3 Å². The van der Waals surface area contributed by atoms with Crippen molar-refractivity contribution in [2.75, 3.05) is 6.61 Å². The first-order valence-electron chi connectivity index (χ1n) is 9.06. The van der Waals surface area contributed by atoms with Crippen LogP contribution in [0.5, 0.6) is 0 Å². The smallest absolute Gasteiger partial charge is 0.308 e. The minimum atomic E-state index is -1.62. The van der Waals surface area contributed by atoms with Gasteiger partial charge in [-0.25, -0.2) is 0 Å². The van der Waals surface area contributed by atoms with Gasteiger partial charge >= 0.3 is 5.97 Å². The Morgan fingerprint density at radius 1 is 1.23 bits per heavy atom. The van der Waals surface area contributed by atoms with Crippen LogP contribution in [0, 0.1) is 11.8 Å².